The number of benzene rings is 1. The molecule has 0 fully saturated rings. The predicted molar refractivity (Wildman–Crippen MR) is 63.8 cm³/mol. The van der Waals surface area contributed by atoms with Crippen molar-refractivity contribution >= 4 is 0 Å². The number of hydrogen-bond acceptors (Lipinski definition) is 2. The van der Waals surface area contributed by atoms with Crippen LogP contribution in [0.5, 0.6) is 0 Å². The first-order valence-electron chi connectivity index (χ1n) is 5.54. The normalized spacial score (nSPS) is 14.9. The lowest BCUT2D eigenvalue weighted by atomic mass is 9.99. The molecule has 0 aromatic heterocycles. The molecule has 2 unspecified atom stereocenters. The van der Waals surface area contributed by atoms with E-state index in [4.69, 9.17) is 10.5 Å². The summed E-state index contributed by atoms with van der Waals surface area (Å²) in [4.78, 5) is 0. The largest absolute Gasteiger partial charge is 0.382 e. The third kappa shape index (κ3) is 3.65. The molecule has 2 heteroatoms. The van der Waals surface area contributed by atoms with E-state index in [9.17, 15) is 0 Å². The standard InChI is InChI=1S/C13H21NO/c1-4-11-6-5-7-12(9-11)13(14)8-10(2)15-3/h5-7,9-10,13H,4,8,14H2,1-3H3. The van der Waals surface area contributed by atoms with Crippen molar-refractivity contribution in [3.8, 4) is 0 Å². The highest BCUT2D eigenvalue weighted by Crippen LogP contribution is 2.18. The zero-order chi connectivity index (χ0) is 11.3. The van der Waals surface area contributed by atoms with Crippen LogP contribution >= 0.6 is 0 Å². The fraction of sp³-hybridized carbons (Fsp3) is 0.538. The second kappa shape index (κ2) is 5.89. The van der Waals surface area contributed by atoms with E-state index in [2.05, 4.69) is 31.2 Å². The molecular weight excluding hydrogens is 186 g/mol. The SMILES string of the molecule is CCc1cccc(C(N)CC(C)OC)c1. The lowest BCUT2D eigenvalue weighted by Gasteiger charge is -2.17. The highest BCUT2D eigenvalue weighted by Gasteiger charge is 2.10. The lowest BCUT2D eigenvalue weighted by Crippen LogP contribution is -2.18. The van der Waals surface area contributed by atoms with Crippen LogP contribution in [0.4, 0.5) is 0 Å². The first-order chi connectivity index (χ1) is 7.17. The highest BCUT2D eigenvalue weighted by molar-refractivity contribution is 5.25. The Labute approximate surface area is 92.4 Å². The molecule has 1 aromatic rings. The molecule has 1 rings (SSSR count). The minimum Gasteiger partial charge on any atom is -0.382 e. The van der Waals surface area contributed by atoms with Gasteiger partial charge in [-0.25, -0.2) is 0 Å². The van der Waals surface area contributed by atoms with Crippen LogP contribution in [0.15, 0.2) is 24.3 Å². The van der Waals surface area contributed by atoms with Crippen molar-refractivity contribution in [3.63, 3.8) is 0 Å². The highest BCUT2D eigenvalue weighted by atomic mass is 16.5. The molecule has 2 N–H and O–H groups in total. The van der Waals surface area contributed by atoms with Crippen LogP contribution in [-0.2, 0) is 11.2 Å². The Morgan fingerprint density at radius 3 is 2.73 bits per heavy atom. The molecule has 15 heavy (non-hydrogen) atoms. The molecule has 0 heterocycles. The van der Waals surface area contributed by atoms with E-state index < -0.39 is 0 Å². The van der Waals surface area contributed by atoms with Gasteiger partial charge in [-0.1, -0.05) is 31.2 Å². The average Bonchev–Trinajstić information content (AvgIpc) is 2.28. The van der Waals surface area contributed by atoms with E-state index in [-0.39, 0.29) is 12.1 Å². The van der Waals surface area contributed by atoms with Crippen molar-refractivity contribution in [1.29, 1.82) is 0 Å². The van der Waals surface area contributed by atoms with Crippen LogP contribution < -0.4 is 5.73 Å². The van der Waals surface area contributed by atoms with E-state index in [1.54, 1.807) is 7.11 Å². The number of hydrogen-bond donors (Lipinski definition) is 1. The van der Waals surface area contributed by atoms with Crippen molar-refractivity contribution in [3.05, 3.63) is 35.4 Å². The van der Waals surface area contributed by atoms with Gasteiger partial charge in [-0.15, -0.1) is 0 Å². The van der Waals surface area contributed by atoms with Crippen LogP contribution in [0.1, 0.15) is 37.4 Å². The molecule has 0 radical (unpaired) electrons. The van der Waals surface area contributed by atoms with Gasteiger partial charge in [-0.3, -0.25) is 0 Å². The Kier molecular flexibility index (Phi) is 4.79. The van der Waals surface area contributed by atoms with Gasteiger partial charge in [0.15, 0.2) is 0 Å². The molecule has 0 saturated heterocycles. The maximum Gasteiger partial charge on any atom is 0.0561 e. The third-order valence-corrected chi connectivity index (χ3v) is 2.78. The summed E-state index contributed by atoms with van der Waals surface area (Å²) in [5, 5.41) is 0. The quantitative estimate of drug-likeness (QED) is 0.805. The van der Waals surface area contributed by atoms with Gasteiger partial charge in [0.25, 0.3) is 0 Å². The number of rotatable bonds is 5. The molecule has 1 aromatic carbocycles. The van der Waals surface area contributed by atoms with Gasteiger partial charge in [0.05, 0.1) is 6.10 Å². The summed E-state index contributed by atoms with van der Waals surface area (Å²) in [6.07, 6.45) is 2.13. The van der Waals surface area contributed by atoms with Crippen molar-refractivity contribution in [2.75, 3.05) is 7.11 Å². The molecular formula is C13H21NO. The lowest BCUT2D eigenvalue weighted by molar-refractivity contribution is 0.104. The van der Waals surface area contributed by atoms with Crippen LogP contribution in [0, 0.1) is 0 Å². The Hall–Kier alpha value is -0.860. The average molecular weight is 207 g/mol. The summed E-state index contributed by atoms with van der Waals surface area (Å²) in [6, 6.07) is 8.56. The molecule has 0 spiro atoms. The molecule has 84 valence electrons. The molecule has 0 amide bonds. The summed E-state index contributed by atoms with van der Waals surface area (Å²) in [5.74, 6) is 0. The van der Waals surface area contributed by atoms with Gasteiger partial charge in [-0.05, 0) is 30.9 Å². The van der Waals surface area contributed by atoms with Gasteiger partial charge < -0.3 is 10.5 Å². The topological polar surface area (TPSA) is 35.2 Å². The summed E-state index contributed by atoms with van der Waals surface area (Å²) >= 11 is 0. The number of aryl methyl sites for hydroxylation is 1. The van der Waals surface area contributed by atoms with E-state index in [0.717, 1.165) is 12.8 Å². The van der Waals surface area contributed by atoms with Crippen LogP contribution in [0.2, 0.25) is 0 Å². The Balaban J connectivity index is 2.68. The van der Waals surface area contributed by atoms with E-state index in [1.807, 2.05) is 6.92 Å². The monoisotopic (exact) mass is 207 g/mol. The second-order valence-corrected chi connectivity index (χ2v) is 3.99. The summed E-state index contributed by atoms with van der Waals surface area (Å²) in [6.45, 7) is 4.20. The van der Waals surface area contributed by atoms with E-state index in [0.29, 0.717) is 0 Å². The Morgan fingerprint density at radius 1 is 1.40 bits per heavy atom. The van der Waals surface area contributed by atoms with Crippen molar-refractivity contribution in [2.24, 2.45) is 5.73 Å². The minimum atomic E-state index is 0.0754. The fourth-order valence-corrected chi connectivity index (χ4v) is 1.63. The third-order valence-electron chi connectivity index (χ3n) is 2.78. The van der Waals surface area contributed by atoms with Gasteiger partial charge in [0.1, 0.15) is 0 Å². The number of methoxy groups -OCH3 is 1. The molecule has 0 aliphatic rings. The minimum absolute atomic E-state index is 0.0754. The molecule has 0 aliphatic heterocycles. The second-order valence-electron chi connectivity index (χ2n) is 3.99. The smallest absolute Gasteiger partial charge is 0.0561 e. The van der Waals surface area contributed by atoms with E-state index in [1.165, 1.54) is 11.1 Å². The van der Waals surface area contributed by atoms with Gasteiger partial charge in [0, 0.05) is 13.2 Å². The Morgan fingerprint density at radius 2 is 2.13 bits per heavy atom. The molecule has 2 nitrogen and oxygen atoms in total. The summed E-state index contributed by atoms with van der Waals surface area (Å²) < 4.78 is 5.22. The number of nitrogens with two attached hydrogens (primary N) is 1. The zero-order valence-corrected chi connectivity index (χ0v) is 9.86. The first-order valence-corrected chi connectivity index (χ1v) is 5.54. The zero-order valence-electron chi connectivity index (χ0n) is 9.86. The van der Waals surface area contributed by atoms with Crippen LogP contribution in [0.3, 0.4) is 0 Å². The number of ether oxygens (including phenoxy) is 1. The van der Waals surface area contributed by atoms with Crippen LogP contribution in [0.25, 0.3) is 0 Å². The van der Waals surface area contributed by atoms with Gasteiger partial charge in [-0.2, -0.15) is 0 Å². The maximum absolute atomic E-state index is 6.12. The van der Waals surface area contributed by atoms with Gasteiger partial charge in [0.2, 0.25) is 0 Å². The van der Waals surface area contributed by atoms with Crippen molar-refractivity contribution in [2.45, 2.75) is 38.8 Å². The molecule has 0 aliphatic carbocycles. The Bertz CT molecular complexity index is 298. The first kappa shape index (κ1) is 12.2. The van der Waals surface area contributed by atoms with Crippen molar-refractivity contribution < 1.29 is 4.74 Å². The van der Waals surface area contributed by atoms with Crippen molar-refractivity contribution in [1.82, 2.24) is 0 Å². The summed E-state index contributed by atoms with van der Waals surface area (Å²) in [7, 11) is 1.72. The fourth-order valence-electron chi connectivity index (χ4n) is 1.63. The van der Waals surface area contributed by atoms with E-state index >= 15 is 0 Å². The predicted octanol–water partition coefficient (Wildman–Crippen LogP) is 2.67. The maximum atomic E-state index is 6.12. The van der Waals surface area contributed by atoms with Crippen LogP contribution in [-0.4, -0.2) is 13.2 Å². The summed E-state index contributed by atoms with van der Waals surface area (Å²) in [5.41, 5.74) is 8.66. The molecule has 0 bridgehead atoms. The molecule has 0 saturated carbocycles. The molecule has 2 atom stereocenters. The van der Waals surface area contributed by atoms with Gasteiger partial charge >= 0.3 is 0 Å².